The molecule has 0 bridgehead atoms. The number of imidazole rings is 1. The zero-order valence-electron chi connectivity index (χ0n) is 21.7. The van der Waals surface area contributed by atoms with E-state index < -0.39 is 5.82 Å². The van der Waals surface area contributed by atoms with Gasteiger partial charge in [-0.1, -0.05) is 13.0 Å². The average molecular weight is 501 g/mol. The molecule has 37 heavy (non-hydrogen) atoms. The van der Waals surface area contributed by atoms with E-state index in [0.717, 1.165) is 80.1 Å². The number of fused-ring (bicyclic) bond motifs is 1. The van der Waals surface area contributed by atoms with Crippen LogP contribution in [0.25, 0.3) is 22.3 Å². The minimum Gasteiger partial charge on any atom is -0.325 e. The molecule has 9 heteroatoms. The molecule has 0 unspecified atom stereocenters. The Bertz CT molecular complexity index is 1420. The lowest BCUT2D eigenvalue weighted by atomic mass is 10.1. The van der Waals surface area contributed by atoms with Crippen molar-refractivity contribution in [3.8, 4) is 11.3 Å². The van der Waals surface area contributed by atoms with Crippen LogP contribution in [0.4, 0.5) is 16.2 Å². The Balaban J connectivity index is 1.21. The SMILES string of the molecule is CCN1CCN(Cc2ccc(Nc3ncc(F)c(-c4cc(C)c5nc(C)n(C6CC6)c5c4)n3)nc2)CC1. The summed E-state index contributed by atoms with van der Waals surface area (Å²) in [7, 11) is 0. The monoisotopic (exact) mass is 500 g/mol. The highest BCUT2D eigenvalue weighted by molar-refractivity contribution is 5.85. The third kappa shape index (κ3) is 4.93. The van der Waals surface area contributed by atoms with Gasteiger partial charge in [0.1, 0.15) is 17.3 Å². The molecule has 1 saturated heterocycles. The summed E-state index contributed by atoms with van der Waals surface area (Å²) in [6.07, 6.45) is 5.43. The number of nitrogens with one attached hydrogen (secondary N) is 1. The van der Waals surface area contributed by atoms with Crippen LogP contribution in [0.5, 0.6) is 0 Å². The molecule has 0 spiro atoms. The number of hydrogen-bond acceptors (Lipinski definition) is 7. The zero-order valence-corrected chi connectivity index (χ0v) is 21.7. The van der Waals surface area contributed by atoms with E-state index in [1.54, 1.807) is 0 Å². The highest BCUT2D eigenvalue weighted by atomic mass is 19.1. The highest BCUT2D eigenvalue weighted by Gasteiger charge is 2.28. The summed E-state index contributed by atoms with van der Waals surface area (Å²) in [5.41, 5.74) is 5.18. The van der Waals surface area contributed by atoms with Crippen molar-refractivity contribution in [2.24, 2.45) is 0 Å². The molecule has 4 aromatic rings. The smallest absolute Gasteiger partial charge is 0.229 e. The van der Waals surface area contributed by atoms with E-state index in [9.17, 15) is 4.39 Å². The topological polar surface area (TPSA) is 75.0 Å². The Labute approximate surface area is 216 Å². The van der Waals surface area contributed by atoms with Gasteiger partial charge >= 0.3 is 0 Å². The van der Waals surface area contributed by atoms with Gasteiger partial charge in [-0.2, -0.15) is 0 Å². The fourth-order valence-corrected chi connectivity index (χ4v) is 5.27. The van der Waals surface area contributed by atoms with Crippen LogP contribution in [-0.4, -0.2) is 67.0 Å². The van der Waals surface area contributed by atoms with Gasteiger partial charge in [0.15, 0.2) is 5.82 Å². The summed E-state index contributed by atoms with van der Waals surface area (Å²) in [5, 5.41) is 3.14. The van der Waals surface area contributed by atoms with E-state index in [0.29, 0.717) is 17.8 Å². The molecule has 1 aromatic carbocycles. The lowest BCUT2D eigenvalue weighted by Gasteiger charge is -2.33. The molecule has 192 valence electrons. The maximum absolute atomic E-state index is 14.9. The van der Waals surface area contributed by atoms with Gasteiger partial charge in [0.05, 0.1) is 17.2 Å². The number of rotatable bonds is 7. The van der Waals surface area contributed by atoms with Gasteiger partial charge in [0.25, 0.3) is 0 Å². The Kier molecular flexibility index (Phi) is 6.34. The summed E-state index contributed by atoms with van der Waals surface area (Å²) in [6.45, 7) is 12.6. The molecule has 0 radical (unpaired) electrons. The van der Waals surface area contributed by atoms with E-state index in [1.807, 2.05) is 38.2 Å². The van der Waals surface area contributed by atoms with Gasteiger partial charge in [-0.15, -0.1) is 0 Å². The molecule has 3 aromatic heterocycles. The van der Waals surface area contributed by atoms with E-state index in [4.69, 9.17) is 4.98 Å². The Hall–Kier alpha value is -3.43. The molecular formula is C28H33FN8. The molecular weight excluding hydrogens is 467 g/mol. The number of benzene rings is 1. The fourth-order valence-electron chi connectivity index (χ4n) is 5.27. The second-order valence-corrected chi connectivity index (χ2v) is 10.2. The Morgan fingerprint density at radius 1 is 0.973 bits per heavy atom. The maximum atomic E-state index is 14.9. The van der Waals surface area contributed by atoms with Crippen molar-refractivity contribution in [3.05, 3.63) is 59.4 Å². The molecule has 0 amide bonds. The summed E-state index contributed by atoms with van der Waals surface area (Å²) in [6, 6.07) is 8.45. The van der Waals surface area contributed by atoms with Crippen molar-refractivity contribution in [2.45, 2.75) is 46.2 Å². The van der Waals surface area contributed by atoms with Gasteiger partial charge in [-0.05, 0) is 62.6 Å². The number of aromatic nitrogens is 5. The number of anilines is 2. The minimum atomic E-state index is -0.454. The number of piperazine rings is 1. The van der Waals surface area contributed by atoms with Crippen molar-refractivity contribution >= 4 is 22.8 Å². The molecule has 1 aliphatic heterocycles. The highest BCUT2D eigenvalue weighted by Crippen LogP contribution is 2.40. The molecule has 1 saturated carbocycles. The average Bonchev–Trinajstić information content (AvgIpc) is 3.68. The van der Waals surface area contributed by atoms with E-state index >= 15 is 0 Å². The molecule has 8 nitrogen and oxygen atoms in total. The van der Waals surface area contributed by atoms with Gasteiger partial charge < -0.3 is 14.8 Å². The molecule has 2 aliphatic rings. The third-order valence-electron chi connectivity index (χ3n) is 7.47. The predicted octanol–water partition coefficient (Wildman–Crippen LogP) is 4.86. The number of likely N-dealkylation sites (N-methyl/N-ethyl adjacent to an activating group) is 1. The van der Waals surface area contributed by atoms with Gasteiger partial charge in [0.2, 0.25) is 5.95 Å². The van der Waals surface area contributed by atoms with Crippen molar-refractivity contribution in [3.63, 3.8) is 0 Å². The third-order valence-corrected chi connectivity index (χ3v) is 7.47. The van der Waals surface area contributed by atoms with Crippen molar-refractivity contribution in [1.29, 1.82) is 0 Å². The first-order valence-electron chi connectivity index (χ1n) is 13.2. The molecule has 2 fully saturated rings. The van der Waals surface area contributed by atoms with E-state index in [1.165, 1.54) is 11.8 Å². The van der Waals surface area contributed by atoms with Crippen molar-refractivity contribution in [2.75, 3.05) is 38.0 Å². The second kappa shape index (κ2) is 9.79. The fraction of sp³-hybridized carbons (Fsp3) is 0.429. The van der Waals surface area contributed by atoms with Crippen LogP contribution in [0.15, 0.2) is 36.7 Å². The van der Waals surface area contributed by atoms with E-state index in [2.05, 4.69) is 47.6 Å². The van der Waals surface area contributed by atoms with Crippen LogP contribution in [-0.2, 0) is 6.54 Å². The first-order chi connectivity index (χ1) is 18.0. The number of hydrogen-bond donors (Lipinski definition) is 1. The molecule has 1 N–H and O–H groups in total. The lowest BCUT2D eigenvalue weighted by molar-refractivity contribution is 0.132. The largest absolute Gasteiger partial charge is 0.325 e. The normalized spacial score (nSPS) is 17.0. The van der Waals surface area contributed by atoms with Crippen molar-refractivity contribution < 1.29 is 4.39 Å². The first-order valence-corrected chi connectivity index (χ1v) is 13.2. The Morgan fingerprint density at radius 2 is 1.76 bits per heavy atom. The van der Waals surface area contributed by atoms with Crippen LogP contribution in [0.2, 0.25) is 0 Å². The van der Waals surface area contributed by atoms with Crippen molar-refractivity contribution in [1.82, 2.24) is 34.3 Å². The first kappa shape index (κ1) is 23.9. The predicted molar refractivity (Wildman–Crippen MR) is 143 cm³/mol. The number of aryl methyl sites for hydroxylation is 2. The van der Waals surface area contributed by atoms with Crippen LogP contribution < -0.4 is 5.32 Å². The summed E-state index contributed by atoms with van der Waals surface area (Å²) >= 11 is 0. The van der Waals surface area contributed by atoms with Crippen LogP contribution in [0, 0.1) is 19.7 Å². The summed E-state index contributed by atoms with van der Waals surface area (Å²) in [5.74, 6) is 1.49. The number of pyridine rings is 1. The summed E-state index contributed by atoms with van der Waals surface area (Å²) < 4.78 is 17.2. The standard InChI is InChI=1S/C28H33FN8/c1-4-35-9-11-36(12-10-35)17-20-5-8-25(30-15-20)33-28-31-16-23(29)27(34-28)21-13-18(2)26-24(14-21)37(19(3)32-26)22-6-7-22/h5,8,13-16,22H,4,6-7,9-12,17H2,1-3H3,(H,30,31,33,34). The molecule has 0 atom stereocenters. The summed E-state index contributed by atoms with van der Waals surface area (Å²) in [4.78, 5) is 23.0. The van der Waals surface area contributed by atoms with Gasteiger partial charge in [-0.25, -0.2) is 24.3 Å². The lowest BCUT2D eigenvalue weighted by Crippen LogP contribution is -2.45. The quantitative estimate of drug-likeness (QED) is 0.388. The van der Waals surface area contributed by atoms with Crippen LogP contribution in [0.1, 0.15) is 42.8 Å². The molecule has 4 heterocycles. The zero-order chi connectivity index (χ0) is 25.5. The second-order valence-electron chi connectivity index (χ2n) is 10.2. The van der Waals surface area contributed by atoms with Crippen LogP contribution in [0.3, 0.4) is 0 Å². The number of nitrogens with zero attached hydrogens (tertiary/aromatic N) is 7. The van der Waals surface area contributed by atoms with Crippen LogP contribution >= 0.6 is 0 Å². The van der Waals surface area contributed by atoms with E-state index in [-0.39, 0.29) is 5.69 Å². The van der Waals surface area contributed by atoms with Gasteiger partial charge in [-0.3, -0.25) is 4.90 Å². The Morgan fingerprint density at radius 3 is 2.46 bits per heavy atom. The minimum absolute atomic E-state index is 0.270. The molecule has 6 rings (SSSR count). The maximum Gasteiger partial charge on any atom is 0.229 e. The molecule has 1 aliphatic carbocycles. The number of halogens is 1. The van der Waals surface area contributed by atoms with Gasteiger partial charge in [0, 0.05) is 50.5 Å².